The second-order valence-corrected chi connectivity index (χ2v) is 3.80. The van der Waals surface area contributed by atoms with Gasteiger partial charge in [0.25, 0.3) is 5.56 Å². The molecule has 0 aliphatic carbocycles. The molecule has 100 valence electrons. The van der Waals surface area contributed by atoms with Crippen molar-refractivity contribution in [2.75, 3.05) is 7.11 Å². The van der Waals surface area contributed by atoms with Crippen molar-refractivity contribution in [1.29, 1.82) is 0 Å². The van der Waals surface area contributed by atoms with E-state index in [1.807, 2.05) is 0 Å². The van der Waals surface area contributed by atoms with Gasteiger partial charge in [0, 0.05) is 12.3 Å². The molecule has 0 atom stereocenters. The number of pyridine rings is 1. The number of ether oxygens (including phenoxy) is 1. The SMILES string of the molecule is COc1ccccc1-n1cc(C(F)(F)F)ccc1=O. The summed E-state index contributed by atoms with van der Waals surface area (Å²) in [7, 11) is 1.39. The zero-order valence-corrected chi connectivity index (χ0v) is 9.94. The van der Waals surface area contributed by atoms with E-state index >= 15 is 0 Å². The first-order valence-electron chi connectivity index (χ1n) is 5.37. The molecule has 1 aromatic carbocycles. The Balaban J connectivity index is 2.65. The molecule has 0 radical (unpaired) electrons. The highest BCUT2D eigenvalue weighted by Gasteiger charge is 2.31. The van der Waals surface area contributed by atoms with Crippen molar-refractivity contribution in [3.63, 3.8) is 0 Å². The van der Waals surface area contributed by atoms with Crippen molar-refractivity contribution in [3.8, 4) is 11.4 Å². The van der Waals surface area contributed by atoms with Gasteiger partial charge in [-0.3, -0.25) is 9.36 Å². The Labute approximate surface area is 106 Å². The highest BCUT2D eigenvalue weighted by molar-refractivity contribution is 5.47. The summed E-state index contributed by atoms with van der Waals surface area (Å²) in [5.41, 5.74) is -1.18. The normalized spacial score (nSPS) is 11.4. The predicted octanol–water partition coefficient (Wildman–Crippen LogP) is 2.86. The van der Waals surface area contributed by atoms with Crippen LogP contribution in [0.4, 0.5) is 13.2 Å². The Morgan fingerprint density at radius 3 is 2.42 bits per heavy atom. The van der Waals surface area contributed by atoms with Crippen molar-refractivity contribution < 1.29 is 17.9 Å². The maximum absolute atomic E-state index is 12.7. The van der Waals surface area contributed by atoms with Crippen LogP contribution in [-0.4, -0.2) is 11.7 Å². The molecule has 0 aliphatic heterocycles. The predicted molar refractivity (Wildman–Crippen MR) is 63.6 cm³/mol. The number of rotatable bonds is 2. The molecule has 3 nitrogen and oxygen atoms in total. The summed E-state index contributed by atoms with van der Waals surface area (Å²) >= 11 is 0. The molecule has 19 heavy (non-hydrogen) atoms. The molecule has 0 fully saturated rings. The van der Waals surface area contributed by atoms with Gasteiger partial charge >= 0.3 is 6.18 Å². The highest BCUT2D eigenvalue weighted by atomic mass is 19.4. The molecule has 2 aromatic rings. The molecule has 0 saturated carbocycles. The lowest BCUT2D eigenvalue weighted by Crippen LogP contribution is -2.20. The number of nitrogens with zero attached hydrogens (tertiary/aromatic N) is 1. The maximum Gasteiger partial charge on any atom is 0.417 e. The Morgan fingerprint density at radius 2 is 1.79 bits per heavy atom. The molecule has 0 amide bonds. The van der Waals surface area contributed by atoms with E-state index < -0.39 is 17.3 Å². The Bertz CT molecular complexity index is 647. The van der Waals surface area contributed by atoms with Gasteiger partial charge in [-0.25, -0.2) is 0 Å². The number of hydrogen-bond acceptors (Lipinski definition) is 2. The fourth-order valence-electron chi connectivity index (χ4n) is 1.67. The first kappa shape index (κ1) is 13.2. The van der Waals surface area contributed by atoms with Gasteiger partial charge in [-0.2, -0.15) is 13.2 Å². The summed E-state index contributed by atoms with van der Waals surface area (Å²) in [6.45, 7) is 0. The topological polar surface area (TPSA) is 31.2 Å². The van der Waals surface area contributed by atoms with Crippen LogP contribution in [0.3, 0.4) is 0 Å². The van der Waals surface area contributed by atoms with Crippen LogP contribution in [0.25, 0.3) is 5.69 Å². The molecule has 0 aliphatic rings. The molecule has 1 heterocycles. The summed E-state index contributed by atoms with van der Waals surface area (Å²) in [6, 6.07) is 8.01. The lowest BCUT2D eigenvalue weighted by Gasteiger charge is -2.13. The summed E-state index contributed by atoms with van der Waals surface area (Å²) in [4.78, 5) is 11.7. The summed E-state index contributed by atoms with van der Waals surface area (Å²) in [5, 5.41) is 0. The average Bonchev–Trinajstić information content (AvgIpc) is 2.38. The third-order valence-corrected chi connectivity index (χ3v) is 2.58. The molecule has 6 heteroatoms. The van der Waals surface area contributed by atoms with Gasteiger partial charge in [0.1, 0.15) is 5.75 Å². The first-order valence-corrected chi connectivity index (χ1v) is 5.37. The van der Waals surface area contributed by atoms with Crippen LogP contribution >= 0.6 is 0 Å². The van der Waals surface area contributed by atoms with E-state index in [9.17, 15) is 18.0 Å². The summed E-state index contributed by atoms with van der Waals surface area (Å²) < 4.78 is 43.9. The van der Waals surface area contributed by atoms with Crippen LogP contribution in [0.2, 0.25) is 0 Å². The van der Waals surface area contributed by atoms with Crippen LogP contribution < -0.4 is 10.3 Å². The fourth-order valence-corrected chi connectivity index (χ4v) is 1.67. The van der Waals surface area contributed by atoms with E-state index in [4.69, 9.17) is 4.74 Å². The molecule has 0 spiro atoms. The van der Waals surface area contributed by atoms with E-state index in [2.05, 4.69) is 0 Å². The maximum atomic E-state index is 12.7. The Kier molecular flexibility index (Phi) is 3.33. The summed E-state index contributed by atoms with van der Waals surface area (Å²) in [5.74, 6) is 0.323. The minimum atomic E-state index is -4.50. The van der Waals surface area contributed by atoms with Gasteiger partial charge in [-0.05, 0) is 18.2 Å². The third kappa shape index (κ3) is 2.62. The van der Waals surface area contributed by atoms with Gasteiger partial charge in [-0.1, -0.05) is 12.1 Å². The van der Waals surface area contributed by atoms with Gasteiger partial charge in [-0.15, -0.1) is 0 Å². The van der Waals surface area contributed by atoms with Crippen LogP contribution in [-0.2, 0) is 6.18 Å². The number of hydrogen-bond donors (Lipinski definition) is 0. The molecular formula is C13H10F3NO2. The molecule has 2 rings (SSSR count). The van der Waals surface area contributed by atoms with Crippen molar-refractivity contribution in [2.24, 2.45) is 0 Å². The molecule has 0 unspecified atom stereocenters. The third-order valence-electron chi connectivity index (χ3n) is 2.58. The van der Waals surface area contributed by atoms with E-state index in [1.165, 1.54) is 13.2 Å². The molecule has 0 bridgehead atoms. The quantitative estimate of drug-likeness (QED) is 0.839. The van der Waals surface area contributed by atoms with E-state index in [1.54, 1.807) is 18.2 Å². The number of para-hydroxylation sites is 2. The number of methoxy groups -OCH3 is 1. The largest absolute Gasteiger partial charge is 0.495 e. The van der Waals surface area contributed by atoms with Crippen molar-refractivity contribution in [1.82, 2.24) is 4.57 Å². The van der Waals surface area contributed by atoms with Crippen LogP contribution in [0.1, 0.15) is 5.56 Å². The van der Waals surface area contributed by atoms with Crippen molar-refractivity contribution >= 4 is 0 Å². The van der Waals surface area contributed by atoms with Crippen LogP contribution in [0.5, 0.6) is 5.75 Å². The second kappa shape index (κ2) is 4.79. The Morgan fingerprint density at radius 1 is 1.11 bits per heavy atom. The van der Waals surface area contributed by atoms with Gasteiger partial charge < -0.3 is 4.74 Å². The molecule has 0 saturated heterocycles. The lowest BCUT2D eigenvalue weighted by molar-refractivity contribution is -0.138. The van der Waals surface area contributed by atoms with E-state index in [0.717, 1.165) is 22.9 Å². The first-order chi connectivity index (χ1) is 8.93. The zero-order valence-electron chi connectivity index (χ0n) is 9.94. The van der Waals surface area contributed by atoms with Gasteiger partial charge in [0.05, 0.1) is 18.4 Å². The number of halogens is 3. The van der Waals surface area contributed by atoms with Gasteiger partial charge in [0.2, 0.25) is 0 Å². The highest BCUT2D eigenvalue weighted by Crippen LogP contribution is 2.29. The van der Waals surface area contributed by atoms with Crippen molar-refractivity contribution in [3.05, 3.63) is 58.5 Å². The Hall–Kier alpha value is -2.24. The zero-order chi connectivity index (χ0) is 14.0. The van der Waals surface area contributed by atoms with Gasteiger partial charge in [0.15, 0.2) is 0 Å². The molecule has 1 aromatic heterocycles. The van der Waals surface area contributed by atoms with Crippen LogP contribution in [0, 0.1) is 0 Å². The van der Waals surface area contributed by atoms with E-state index in [-0.39, 0.29) is 5.69 Å². The number of alkyl halides is 3. The smallest absolute Gasteiger partial charge is 0.417 e. The van der Waals surface area contributed by atoms with E-state index in [0.29, 0.717) is 5.75 Å². The van der Waals surface area contributed by atoms with Crippen molar-refractivity contribution in [2.45, 2.75) is 6.18 Å². The molecule has 0 N–H and O–H groups in total. The average molecular weight is 269 g/mol. The standard InChI is InChI=1S/C13H10F3NO2/c1-19-11-5-3-2-4-10(11)17-8-9(13(14,15)16)6-7-12(17)18/h2-8H,1H3. The summed E-state index contributed by atoms with van der Waals surface area (Å²) in [6.07, 6.45) is -3.74. The van der Waals surface area contributed by atoms with Crippen LogP contribution in [0.15, 0.2) is 47.4 Å². The minimum absolute atomic E-state index is 0.265. The number of aromatic nitrogens is 1. The molecular weight excluding hydrogens is 259 g/mol. The lowest BCUT2D eigenvalue weighted by atomic mass is 10.2. The second-order valence-electron chi connectivity index (χ2n) is 3.80. The monoisotopic (exact) mass is 269 g/mol. The fraction of sp³-hybridized carbons (Fsp3) is 0.154. The number of benzene rings is 1. The minimum Gasteiger partial charge on any atom is -0.495 e.